The van der Waals surface area contributed by atoms with Gasteiger partial charge in [0.25, 0.3) is 0 Å². The molecule has 0 aromatic rings. The standard InChI is InChI=1S/C18H34O2/c1-3-4-5-6-7-8-9-10-11-12-13-14-15-16-17-18(19)20-2/h8-9H,3-7,10-17H2,1-2H3/b9-8+. The SMILES string of the molecule is CCCCCC/C=C/CCCCCCCCC(=O)OC. The number of unbranched alkanes of at least 4 members (excludes halogenated alkanes) is 10. The van der Waals surface area contributed by atoms with Crippen molar-refractivity contribution in [3.63, 3.8) is 0 Å². The van der Waals surface area contributed by atoms with E-state index in [1.807, 2.05) is 0 Å². The van der Waals surface area contributed by atoms with Gasteiger partial charge in [-0.3, -0.25) is 4.79 Å². The molecule has 0 rings (SSSR count). The van der Waals surface area contributed by atoms with E-state index in [0.717, 1.165) is 12.8 Å². The molecule has 2 nitrogen and oxygen atoms in total. The fourth-order valence-corrected chi connectivity index (χ4v) is 2.27. The lowest BCUT2D eigenvalue weighted by atomic mass is 10.1. The Morgan fingerprint density at radius 2 is 1.30 bits per heavy atom. The van der Waals surface area contributed by atoms with Gasteiger partial charge in [-0.15, -0.1) is 0 Å². The van der Waals surface area contributed by atoms with Crippen LogP contribution < -0.4 is 0 Å². The molecular formula is C18H34O2. The van der Waals surface area contributed by atoms with Crippen molar-refractivity contribution in [2.45, 2.75) is 90.4 Å². The molecule has 0 amide bonds. The summed E-state index contributed by atoms with van der Waals surface area (Å²) in [6, 6.07) is 0. The predicted molar refractivity (Wildman–Crippen MR) is 86.9 cm³/mol. The molecule has 0 aliphatic heterocycles. The molecule has 0 aliphatic carbocycles. The average Bonchev–Trinajstić information content (AvgIpc) is 2.47. The van der Waals surface area contributed by atoms with E-state index in [4.69, 9.17) is 0 Å². The Morgan fingerprint density at radius 1 is 0.800 bits per heavy atom. The first-order chi connectivity index (χ1) is 9.81. The van der Waals surface area contributed by atoms with E-state index in [1.165, 1.54) is 71.3 Å². The van der Waals surface area contributed by atoms with E-state index in [1.54, 1.807) is 0 Å². The second-order valence-corrected chi connectivity index (χ2v) is 5.56. The lowest BCUT2D eigenvalue weighted by molar-refractivity contribution is -0.140. The first-order valence-corrected chi connectivity index (χ1v) is 8.53. The van der Waals surface area contributed by atoms with Crippen LogP contribution in [-0.4, -0.2) is 13.1 Å². The molecule has 0 N–H and O–H groups in total. The first-order valence-electron chi connectivity index (χ1n) is 8.53. The highest BCUT2D eigenvalue weighted by Gasteiger charge is 1.98. The zero-order chi connectivity index (χ0) is 14.9. The summed E-state index contributed by atoms with van der Waals surface area (Å²) >= 11 is 0. The normalized spacial score (nSPS) is 11.1. The topological polar surface area (TPSA) is 26.3 Å². The molecule has 0 aromatic heterocycles. The summed E-state index contributed by atoms with van der Waals surface area (Å²) in [5, 5.41) is 0. The first kappa shape index (κ1) is 19.2. The second-order valence-electron chi connectivity index (χ2n) is 5.56. The number of rotatable bonds is 14. The maximum Gasteiger partial charge on any atom is 0.305 e. The number of hydrogen-bond acceptors (Lipinski definition) is 2. The van der Waals surface area contributed by atoms with Gasteiger partial charge in [-0.25, -0.2) is 0 Å². The smallest absolute Gasteiger partial charge is 0.305 e. The van der Waals surface area contributed by atoms with E-state index in [0.29, 0.717) is 6.42 Å². The summed E-state index contributed by atoms with van der Waals surface area (Å²) < 4.78 is 4.62. The number of carbonyl (C=O) groups excluding carboxylic acids is 1. The van der Waals surface area contributed by atoms with Crippen LogP contribution in [0.15, 0.2) is 12.2 Å². The van der Waals surface area contributed by atoms with Crippen molar-refractivity contribution in [3.8, 4) is 0 Å². The molecule has 0 bridgehead atoms. The number of allylic oxidation sites excluding steroid dienone is 2. The molecule has 0 heterocycles. The Labute approximate surface area is 126 Å². The fourth-order valence-electron chi connectivity index (χ4n) is 2.27. The summed E-state index contributed by atoms with van der Waals surface area (Å²) in [7, 11) is 1.46. The van der Waals surface area contributed by atoms with E-state index in [-0.39, 0.29) is 5.97 Å². The Morgan fingerprint density at radius 3 is 1.85 bits per heavy atom. The minimum atomic E-state index is -0.0749. The molecule has 0 radical (unpaired) electrons. The number of esters is 1. The van der Waals surface area contributed by atoms with E-state index < -0.39 is 0 Å². The van der Waals surface area contributed by atoms with Gasteiger partial charge in [0, 0.05) is 6.42 Å². The van der Waals surface area contributed by atoms with Gasteiger partial charge in [0.05, 0.1) is 7.11 Å². The minimum Gasteiger partial charge on any atom is -0.469 e. The molecule has 0 atom stereocenters. The summed E-state index contributed by atoms with van der Waals surface area (Å²) in [4.78, 5) is 10.9. The monoisotopic (exact) mass is 282 g/mol. The Balaban J connectivity index is 3.09. The average molecular weight is 282 g/mol. The van der Waals surface area contributed by atoms with Crippen molar-refractivity contribution in [2.24, 2.45) is 0 Å². The molecule has 0 aliphatic rings. The van der Waals surface area contributed by atoms with Crippen LogP contribution in [0.2, 0.25) is 0 Å². The molecule has 0 unspecified atom stereocenters. The minimum absolute atomic E-state index is 0.0749. The van der Waals surface area contributed by atoms with Crippen LogP contribution in [0.3, 0.4) is 0 Å². The summed E-state index contributed by atoms with van der Waals surface area (Å²) in [6.07, 6.45) is 20.5. The largest absolute Gasteiger partial charge is 0.469 e. The fraction of sp³-hybridized carbons (Fsp3) is 0.833. The van der Waals surface area contributed by atoms with Crippen LogP contribution in [0.1, 0.15) is 90.4 Å². The Hall–Kier alpha value is -0.790. The molecule has 0 spiro atoms. The molecule has 0 saturated carbocycles. The number of methoxy groups -OCH3 is 1. The van der Waals surface area contributed by atoms with Crippen molar-refractivity contribution < 1.29 is 9.53 Å². The third kappa shape index (κ3) is 15.3. The van der Waals surface area contributed by atoms with Gasteiger partial charge in [-0.2, -0.15) is 0 Å². The number of ether oxygens (including phenoxy) is 1. The lowest BCUT2D eigenvalue weighted by Crippen LogP contribution is -1.99. The zero-order valence-electron chi connectivity index (χ0n) is 13.7. The summed E-state index contributed by atoms with van der Waals surface area (Å²) in [5.41, 5.74) is 0. The third-order valence-electron chi connectivity index (χ3n) is 3.62. The molecule has 0 aromatic carbocycles. The van der Waals surface area contributed by atoms with Crippen LogP contribution in [0, 0.1) is 0 Å². The molecule has 118 valence electrons. The van der Waals surface area contributed by atoms with Crippen LogP contribution >= 0.6 is 0 Å². The Bertz CT molecular complexity index is 234. The zero-order valence-corrected chi connectivity index (χ0v) is 13.7. The van der Waals surface area contributed by atoms with Crippen LogP contribution in [0.4, 0.5) is 0 Å². The Kier molecular flexibility index (Phi) is 15.6. The predicted octanol–water partition coefficient (Wildman–Crippen LogP) is 5.81. The maximum absolute atomic E-state index is 10.9. The second kappa shape index (κ2) is 16.3. The highest BCUT2D eigenvalue weighted by Crippen LogP contribution is 2.10. The highest BCUT2D eigenvalue weighted by atomic mass is 16.5. The van der Waals surface area contributed by atoms with E-state index in [2.05, 4.69) is 23.8 Å². The van der Waals surface area contributed by atoms with E-state index in [9.17, 15) is 4.79 Å². The highest BCUT2D eigenvalue weighted by molar-refractivity contribution is 5.68. The molecule has 2 heteroatoms. The molecular weight excluding hydrogens is 248 g/mol. The van der Waals surface area contributed by atoms with Gasteiger partial charge in [0.15, 0.2) is 0 Å². The maximum atomic E-state index is 10.9. The van der Waals surface area contributed by atoms with Crippen molar-refractivity contribution in [1.82, 2.24) is 0 Å². The van der Waals surface area contributed by atoms with Crippen LogP contribution in [-0.2, 0) is 9.53 Å². The quantitative estimate of drug-likeness (QED) is 0.228. The third-order valence-corrected chi connectivity index (χ3v) is 3.62. The summed E-state index contributed by atoms with van der Waals surface area (Å²) in [6.45, 7) is 2.26. The molecule has 0 saturated heterocycles. The number of hydrogen-bond donors (Lipinski definition) is 0. The van der Waals surface area contributed by atoms with Gasteiger partial charge in [0.2, 0.25) is 0 Å². The van der Waals surface area contributed by atoms with Gasteiger partial charge in [-0.1, -0.05) is 64.0 Å². The summed E-state index contributed by atoms with van der Waals surface area (Å²) in [5.74, 6) is -0.0749. The van der Waals surface area contributed by atoms with Crippen LogP contribution in [0.25, 0.3) is 0 Å². The molecule has 20 heavy (non-hydrogen) atoms. The van der Waals surface area contributed by atoms with Crippen molar-refractivity contribution in [1.29, 1.82) is 0 Å². The molecule has 0 fully saturated rings. The van der Waals surface area contributed by atoms with Crippen molar-refractivity contribution >= 4 is 5.97 Å². The van der Waals surface area contributed by atoms with Crippen molar-refractivity contribution in [2.75, 3.05) is 7.11 Å². The van der Waals surface area contributed by atoms with Crippen molar-refractivity contribution in [3.05, 3.63) is 12.2 Å². The van der Waals surface area contributed by atoms with Gasteiger partial charge in [-0.05, 0) is 32.1 Å². The van der Waals surface area contributed by atoms with Crippen LogP contribution in [0.5, 0.6) is 0 Å². The lowest BCUT2D eigenvalue weighted by Gasteiger charge is -2.00. The van der Waals surface area contributed by atoms with E-state index >= 15 is 0 Å². The van der Waals surface area contributed by atoms with Gasteiger partial charge >= 0.3 is 5.97 Å². The van der Waals surface area contributed by atoms with Gasteiger partial charge < -0.3 is 4.74 Å². The number of carbonyl (C=O) groups is 1. The van der Waals surface area contributed by atoms with Gasteiger partial charge in [0.1, 0.15) is 0 Å².